The van der Waals surface area contributed by atoms with Gasteiger partial charge in [-0.25, -0.2) is 0 Å². The molecule has 0 atom stereocenters. The average Bonchev–Trinajstić information content (AvgIpc) is 3.08. The van der Waals surface area contributed by atoms with Gasteiger partial charge in [0, 0.05) is 5.56 Å². The lowest BCUT2D eigenvalue weighted by Crippen LogP contribution is -2.80. The van der Waals surface area contributed by atoms with Crippen molar-refractivity contribution in [3.05, 3.63) is 88.1 Å². The first kappa shape index (κ1) is 14.8. The summed E-state index contributed by atoms with van der Waals surface area (Å²) in [5.74, 6) is 0.922. The zero-order valence-corrected chi connectivity index (χ0v) is 13.3. The van der Waals surface area contributed by atoms with Gasteiger partial charge in [0.05, 0.1) is 4.88 Å². The number of rotatable bonds is 7. The third-order valence-corrected chi connectivity index (χ3v) is 4.38. The van der Waals surface area contributed by atoms with Crippen molar-refractivity contribution in [3.63, 3.8) is 0 Å². The second-order valence-corrected chi connectivity index (χ2v) is 6.23. The van der Waals surface area contributed by atoms with Gasteiger partial charge in [-0.1, -0.05) is 36.4 Å². The van der Waals surface area contributed by atoms with Gasteiger partial charge in [0.1, 0.15) is 25.4 Å². The molecule has 0 amide bonds. The highest BCUT2D eigenvalue weighted by Crippen LogP contribution is 2.14. The molecule has 22 heavy (non-hydrogen) atoms. The van der Waals surface area contributed by atoms with E-state index in [-0.39, 0.29) is 0 Å². The van der Waals surface area contributed by atoms with E-state index < -0.39 is 0 Å². The lowest BCUT2D eigenvalue weighted by atomic mass is 10.2. The van der Waals surface area contributed by atoms with Crippen LogP contribution in [-0.4, -0.2) is 0 Å². The molecule has 3 heteroatoms. The highest BCUT2D eigenvalue weighted by Gasteiger charge is 2.00. The number of benzene rings is 2. The minimum Gasteiger partial charge on any atom is -0.489 e. The highest BCUT2D eigenvalue weighted by molar-refractivity contribution is 7.09. The second-order valence-electron chi connectivity index (χ2n) is 5.19. The van der Waals surface area contributed by atoms with Gasteiger partial charge in [-0.3, -0.25) is 0 Å². The number of nitrogens with two attached hydrogens (primary N) is 1. The fraction of sp³-hybridized carbons (Fsp3) is 0.158. The molecule has 2 aromatic carbocycles. The maximum Gasteiger partial charge on any atom is 0.119 e. The van der Waals surface area contributed by atoms with Crippen LogP contribution in [0.3, 0.4) is 0 Å². The van der Waals surface area contributed by atoms with Crippen LogP contribution in [0.25, 0.3) is 0 Å². The predicted octanol–water partition coefficient (Wildman–Crippen LogP) is 3.59. The van der Waals surface area contributed by atoms with Crippen LogP contribution >= 0.6 is 11.3 Å². The SMILES string of the molecule is c1ccc(COc2ccc(C[NH2+]Cc3cccs3)cc2)cc1. The van der Waals surface area contributed by atoms with Crippen molar-refractivity contribution in [2.24, 2.45) is 0 Å². The molecular formula is C19H20NOS+. The van der Waals surface area contributed by atoms with Crippen molar-refractivity contribution in [1.29, 1.82) is 0 Å². The number of quaternary nitrogens is 1. The van der Waals surface area contributed by atoms with Crippen molar-refractivity contribution in [2.45, 2.75) is 19.7 Å². The van der Waals surface area contributed by atoms with Crippen LogP contribution in [0.2, 0.25) is 0 Å². The summed E-state index contributed by atoms with van der Waals surface area (Å²) in [6.07, 6.45) is 0. The number of ether oxygens (including phenoxy) is 1. The zero-order chi connectivity index (χ0) is 15.0. The fourth-order valence-corrected chi connectivity index (χ4v) is 2.98. The lowest BCUT2D eigenvalue weighted by molar-refractivity contribution is -0.685. The van der Waals surface area contributed by atoms with E-state index in [1.54, 1.807) is 0 Å². The Kier molecular flexibility index (Phi) is 5.24. The maximum absolute atomic E-state index is 5.80. The molecule has 0 aliphatic heterocycles. The predicted molar refractivity (Wildman–Crippen MR) is 90.9 cm³/mol. The third kappa shape index (κ3) is 4.45. The first-order valence-corrected chi connectivity index (χ1v) is 8.38. The molecule has 0 aliphatic carbocycles. The van der Waals surface area contributed by atoms with Crippen molar-refractivity contribution in [2.75, 3.05) is 0 Å². The molecule has 0 radical (unpaired) electrons. The molecule has 0 unspecified atom stereocenters. The molecule has 0 fully saturated rings. The Morgan fingerprint density at radius 3 is 2.32 bits per heavy atom. The molecule has 1 aromatic heterocycles. The Bertz CT molecular complexity index is 662. The maximum atomic E-state index is 5.80. The Hall–Kier alpha value is -2.10. The van der Waals surface area contributed by atoms with Crippen molar-refractivity contribution < 1.29 is 10.1 Å². The van der Waals surface area contributed by atoms with E-state index in [4.69, 9.17) is 4.74 Å². The first-order chi connectivity index (χ1) is 10.9. The topological polar surface area (TPSA) is 25.8 Å². The van der Waals surface area contributed by atoms with E-state index in [1.165, 1.54) is 16.0 Å². The standard InChI is InChI=1S/C19H19NOS/c1-2-5-17(6-3-1)15-21-18-10-8-16(9-11-18)13-20-14-19-7-4-12-22-19/h1-12,20H,13-15H2/p+1. The first-order valence-electron chi connectivity index (χ1n) is 7.50. The van der Waals surface area contributed by atoms with Crippen molar-refractivity contribution >= 4 is 11.3 Å². The van der Waals surface area contributed by atoms with E-state index in [2.05, 4.69) is 59.2 Å². The van der Waals surface area contributed by atoms with Gasteiger partial charge >= 0.3 is 0 Å². The van der Waals surface area contributed by atoms with Gasteiger partial charge in [-0.15, -0.1) is 11.3 Å². The molecule has 0 saturated heterocycles. The summed E-state index contributed by atoms with van der Waals surface area (Å²) in [6.45, 7) is 2.66. The molecule has 2 N–H and O–H groups in total. The molecule has 3 aromatic rings. The van der Waals surface area contributed by atoms with Crippen LogP contribution in [-0.2, 0) is 19.7 Å². The van der Waals surface area contributed by atoms with E-state index in [1.807, 2.05) is 29.5 Å². The number of hydrogen-bond acceptors (Lipinski definition) is 2. The minimum atomic E-state index is 0.616. The second kappa shape index (κ2) is 7.78. The molecule has 2 nitrogen and oxygen atoms in total. The fourth-order valence-electron chi connectivity index (χ4n) is 2.27. The molecule has 0 saturated carbocycles. The van der Waals surface area contributed by atoms with Gasteiger partial charge in [-0.05, 0) is 41.3 Å². The summed E-state index contributed by atoms with van der Waals surface area (Å²) < 4.78 is 5.80. The average molecular weight is 310 g/mol. The summed E-state index contributed by atoms with van der Waals surface area (Å²) >= 11 is 1.81. The summed E-state index contributed by atoms with van der Waals surface area (Å²) in [4.78, 5) is 1.42. The molecule has 0 bridgehead atoms. The van der Waals surface area contributed by atoms with Gasteiger partial charge in [0.25, 0.3) is 0 Å². The van der Waals surface area contributed by atoms with E-state index in [0.717, 1.165) is 18.8 Å². The molecule has 3 rings (SSSR count). The van der Waals surface area contributed by atoms with Crippen LogP contribution < -0.4 is 10.1 Å². The van der Waals surface area contributed by atoms with Crippen molar-refractivity contribution in [3.8, 4) is 5.75 Å². The summed E-state index contributed by atoms with van der Waals surface area (Å²) in [7, 11) is 0. The molecule has 1 heterocycles. The monoisotopic (exact) mass is 310 g/mol. The summed E-state index contributed by atoms with van der Waals surface area (Å²) in [5, 5.41) is 4.45. The van der Waals surface area contributed by atoms with Crippen LogP contribution in [0.5, 0.6) is 5.75 Å². The van der Waals surface area contributed by atoms with Crippen LogP contribution in [0.4, 0.5) is 0 Å². The Labute approximate surface area is 135 Å². The van der Waals surface area contributed by atoms with E-state index >= 15 is 0 Å². The zero-order valence-electron chi connectivity index (χ0n) is 12.4. The van der Waals surface area contributed by atoms with Crippen LogP contribution in [0, 0.1) is 0 Å². The van der Waals surface area contributed by atoms with Gasteiger partial charge in [0.2, 0.25) is 0 Å². The Morgan fingerprint density at radius 2 is 1.59 bits per heavy atom. The van der Waals surface area contributed by atoms with Crippen LogP contribution in [0.1, 0.15) is 16.0 Å². The van der Waals surface area contributed by atoms with Gasteiger partial charge < -0.3 is 10.1 Å². The number of thiophene rings is 1. The largest absolute Gasteiger partial charge is 0.489 e. The van der Waals surface area contributed by atoms with Gasteiger partial charge in [0.15, 0.2) is 0 Å². The third-order valence-electron chi connectivity index (χ3n) is 3.48. The van der Waals surface area contributed by atoms with E-state index in [9.17, 15) is 0 Å². The molecule has 0 spiro atoms. The highest BCUT2D eigenvalue weighted by atomic mass is 32.1. The lowest BCUT2D eigenvalue weighted by Gasteiger charge is -2.07. The normalized spacial score (nSPS) is 10.5. The Balaban J connectivity index is 1.45. The van der Waals surface area contributed by atoms with Crippen LogP contribution in [0.15, 0.2) is 72.1 Å². The molecular weight excluding hydrogens is 290 g/mol. The van der Waals surface area contributed by atoms with Gasteiger partial charge in [-0.2, -0.15) is 0 Å². The van der Waals surface area contributed by atoms with Crippen molar-refractivity contribution in [1.82, 2.24) is 0 Å². The number of hydrogen-bond donors (Lipinski definition) is 1. The molecule has 0 aliphatic rings. The minimum absolute atomic E-state index is 0.616. The van der Waals surface area contributed by atoms with E-state index in [0.29, 0.717) is 6.61 Å². The Morgan fingerprint density at radius 1 is 0.773 bits per heavy atom. The molecule has 112 valence electrons. The smallest absolute Gasteiger partial charge is 0.119 e. The summed E-state index contributed by atoms with van der Waals surface area (Å²) in [6, 6.07) is 22.9. The quantitative estimate of drug-likeness (QED) is 0.709. The summed E-state index contributed by atoms with van der Waals surface area (Å²) in [5.41, 5.74) is 2.51.